The molecule has 0 spiro atoms. The van der Waals surface area contributed by atoms with Gasteiger partial charge in [-0.2, -0.15) is 0 Å². The lowest BCUT2D eigenvalue weighted by atomic mass is 10.0. The Morgan fingerprint density at radius 2 is 1.12 bits per heavy atom. The van der Waals surface area contributed by atoms with Crippen LogP contribution in [-0.4, -0.2) is 6.61 Å². The Kier molecular flexibility index (Phi) is 8.82. The maximum absolute atomic E-state index is 5.54. The summed E-state index contributed by atoms with van der Waals surface area (Å²) in [5.74, 6) is 0. The molecular formula is C23H25ClO. The van der Waals surface area contributed by atoms with Crippen LogP contribution in [0, 0.1) is 0 Å². The number of aryl methyl sites for hydroxylation is 2. The second-order valence-corrected chi connectivity index (χ2v) is 6.17. The molecule has 0 radical (unpaired) electrons. The second kappa shape index (κ2) is 11.5. The van der Waals surface area contributed by atoms with Gasteiger partial charge in [0, 0.05) is 11.6 Å². The minimum absolute atomic E-state index is 0.718. The summed E-state index contributed by atoms with van der Waals surface area (Å²) in [7, 11) is 0. The molecule has 0 amide bonds. The normalized spacial score (nSPS) is 10.0. The van der Waals surface area contributed by atoms with Crippen LogP contribution in [0.1, 0.15) is 23.6 Å². The van der Waals surface area contributed by atoms with Gasteiger partial charge in [-0.05, 0) is 48.6 Å². The smallest absolute Gasteiger partial charge is 0.0716 e. The molecule has 0 aliphatic carbocycles. The van der Waals surface area contributed by atoms with Crippen LogP contribution in [0.25, 0.3) is 0 Å². The molecule has 0 aliphatic heterocycles. The number of benzene rings is 3. The van der Waals surface area contributed by atoms with Crippen LogP contribution in [0.15, 0.2) is 84.9 Å². The minimum atomic E-state index is 0.718. The Labute approximate surface area is 156 Å². The molecule has 25 heavy (non-hydrogen) atoms. The van der Waals surface area contributed by atoms with Crippen molar-refractivity contribution in [1.82, 2.24) is 0 Å². The summed E-state index contributed by atoms with van der Waals surface area (Å²) in [6, 6.07) is 28.8. The molecule has 0 fully saturated rings. The largest absolute Gasteiger partial charge is 0.377 e. The van der Waals surface area contributed by atoms with Crippen LogP contribution in [0.4, 0.5) is 0 Å². The van der Waals surface area contributed by atoms with E-state index in [2.05, 4.69) is 54.6 Å². The zero-order chi connectivity index (χ0) is 17.7. The van der Waals surface area contributed by atoms with E-state index in [4.69, 9.17) is 16.3 Å². The fourth-order valence-electron chi connectivity index (χ4n) is 2.37. The highest BCUT2D eigenvalue weighted by atomic mass is 35.5. The summed E-state index contributed by atoms with van der Waals surface area (Å²) in [6.07, 6.45) is 2.20. The van der Waals surface area contributed by atoms with E-state index in [1.165, 1.54) is 16.7 Å². The maximum atomic E-state index is 5.54. The van der Waals surface area contributed by atoms with Gasteiger partial charge in [0.15, 0.2) is 0 Å². The van der Waals surface area contributed by atoms with Crippen LogP contribution >= 0.6 is 11.6 Å². The van der Waals surface area contributed by atoms with Crippen molar-refractivity contribution in [2.24, 2.45) is 0 Å². The van der Waals surface area contributed by atoms with Crippen LogP contribution < -0.4 is 0 Å². The number of hydrogen-bond donors (Lipinski definition) is 0. The number of ether oxygens (including phenoxy) is 1. The van der Waals surface area contributed by atoms with E-state index in [-0.39, 0.29) is 0 Å². The lowest BCUT2D eigenvalue weighted by Gasteiger charge is -2.05. The third kappa shape index (κ3) is 8.02. The molecule has 0 atom stereocenters. The van der Waals surface area contributed by atoms with Gasteiger partial charge in [0.05, 0.1) is 6.61 Å². The average Bonchev–Trinajstić information content (AvgIpc) is 2.67. The second-order valence-electron chi connectivity index (χ2n) is 5.73. The maximum Gasteiger partial charge on any atom is 0.0716 e. The summed E-state index contributed by atoms with van der Waals surface area (Å²) >= 11 is 5.54. The van der Waals surface area contributed by atoms with Crippen LogP contribution in [-0.2, 0) is 24.2 Å². The van der Waals surface area contributed by atoms with E-state index in [0.29, 0.717) is 0 Å². The third-order valence-corrected chi connectivity index (χ3v) is 4.03. The van der Waals surface area contributed by atoms with Crippen molar-refractivity contribution in [2.75, 3.05) is 6.61 Å². The summed E-state index contributed by atoms with van der Waals surface area (Å²) in [5.41, 5.74) is 4.04. The molecule has 2 heteroatoms. The molecule has 0 saturated carbocycles. The first kappa shape index (κ1) is 19.2. The van der Waals surface area contributed by atoms with Crippen LogP contribution in [0.5, 0.6) is 0 Å². The zero-order valence-corrected chi connectivity index (χ0v) is 15.5. The topological polar surface area (TPSA) is 9.23 Å². The lowest BCUT2D eigenvalue weighted by molar-refractivity contribution is 0.134. The molecule has 0 heterocycles. The van der Waals surface area contributed by atoms with E-state index >= 15 is 0 Å². The van der Waals surface area contributed by atoms with Crippen molar-refractivity contribution >= 4 is 11.6 Å². The highest BCUT2D eigenvalue weighted by Crippen LogP contribution is 2.10. The van der Waals surface area contributed by atoms with Gasteiger partial charge in [0.25, 0.3) is 0 Å². The van der Waals surface area contributed by atoms with Gasteiger partial charge in [-0.15, -0.1) is 0 Å². The molecule has 0 unspecified atom stereocenters. The van der Waals surface area contributed by atoms with Crippen LogP contribution in [0.2, 0.25) is 5.02 Å². The SMILES string of the molecule is CCOCc1ccc(CCc2ccccc2)cc1.Clc1ccccc1. The monoisotopic (exact) mass is 352 g/mol. The standard InChI is InChI=1S/C17H20O.C6H5Cl/c1-2-18-14-17-12-10-16(11-13-17)9-8-15-6-4-3-5-7-15;7-6-4-2-1-3-5-6/h3-7,10-13H,2,8-9,14H2,1H3;1-5H. The third-order valence-electron chi connectivity index (χ3n) is 3.77. The summed E-state index contributed by atoms with van der Waals surface area (Å²) < 4.78 is 5.39. The molecule has 0 aliphatic rings. The first-order valence-corrected chi connectivity index (χ1v) is 9.05. The minimum Gasteiger partial charge on any atom is -0.377 e. The Balaban J connectivity index is 0.000000269. The van der Waals surface area contributed by atoms with Gasteiger partial charge >= 0.3 is 0 Å². The predicted octanol–water partition coefficient (Wildman–Crippen LogP) is 6.35. The molecule has 130 valence electrons. The fourth-order valence-corrected chi connectivity index (χ4v) is 2.52. The van der Waals surface area contributed by atoms with Crippen molar-refractivity contribution in [1.29, 1.82) is 0 Å². The molecular weight excluding hydrogens is 328 g/mol. The van der Waals surface area contributed by atoms with Gasteiger partial charge in [-0.25, -0.2) is 0 Å². The Bertz CT molecular complexity index is 693. The quantitative estimate of drug-likeness (QED) is 0.502. The number of rotatable bonds is 6. The van der Waals surface area contributed by atoms with Crippen LogP contribution in [0.3, 0.4) is 0 Å². The van der Waals surface area contributed by atoms with Crippen molar-refractivity contribution in [2.45, 2.75) is 26.4 Å². The zero-order valence-electron chi connectivity index (χ0n) is 14.7. The molecule has 0 saturated heterocycles. The Morgan fingerprint density at radius 3 is 1.60 bits per heavy atom. The molecule has 1 nitrogen and oxygen atoms in total. The van der Waals surface area contributed by atoms with E-state index in [1.807, 2.05) is 37.3 Å². The van der Waals surface area contributed by atoms with E-state index < -0.39 is 0 Å². The molecule has 0 bridgehead atoms. The van der Waals surface area contributed by atoms with Crippen molar-refractivity contribution < 1.29 is 4.74 Å². The van der Waals surface area contributed by atoms with Gasteiger partial charge in [-0.3, -0.25) is 0 Å². The van der Waals surface area contributed by atoms with E-state index in [1.54, 1.807) is 0 Å². The Morgan fingerprint density at radius 1 is 0.640 bits per heavy atom. The summed E-state index contributed by atoms with van der Waals surface area (Å²) in [5, 5.41) is 0.794. The lowest BCUT2D eigenvalue weighted by Crippen LogP contribution is -1.94. The highest BCUT2D eigenvalue weighted by molar-refractivity contribution is 6.30. The molecule has 3 aromatic carbocycles. The first-order valence-electron chi connectivity index (χ1n) is 8.68. The highest BCUT2D eigenvalue weighted by Gasteiger charge is 1.97. The van der Waals surface area contributed by atoms with Crippen molar-refractivity contribution in [3.8, 4) is 0 Å². The molecule has 3 aromatic rings. The van der Waals surface area contributed by atoms with Gasteiger partial charge in [0.1, 0.15) is 0 Å². The number of hydrogen-bond acceptors (Lipinski definition) is 1. The molecule has 3 rings (SSSR count). The van der Waals surface area contributed by atoms with Crippen molar-refractivity contribution in [3.05, 3.63) is 107 Å². The van der Waals surface area contributed by atoms with Gasteiger partial charge in [0.2, 0.25) is 0 Å². The van der Waals surface area contributed by atoms with E-state index in [9.17, 15) is 0 Å². The average molecular weight is 353 g/mol. The fraction of sp³-hybridized carbons (Fsp3) is 0.217. The first-order chi connectivity index (χ1) is 12.3. The summed E-state index contributed by atoms with van der Waals surface area (Å²) in [4.78, 5) is 0. The predicted molar refractivity (Wildman–Crippen MR) is 107 cm³/mol. The Hall–Kier alpha value is -2.09. The van der Waals surface area contributed by atoms with Gasteiger partial charge < -0.3 is 4.74 Å². The van der Waals surface area contributed by atoms with Crippen molar-refractivity contribution in [3.63, 3.8) is 0 Å². The van der Waals surface area contributed by atoms with Gasteiger partial charge in [-0.1, -0.05) is 84.4 Å². The molecule has 0 aromatic heterocycles. The molecule has 0 N–H and O–H groups in total. The summed E-state index contributed by atoms with van der Waals surface area (Å²) in [6.45, 7) is 3.51. The number of halogens is 1. The van der Waals surface area contributed by atoms with E-state index in [0.717, 1.165) is 31.1 Å².